The predicted octanol–water partition coefficient (Wildman–Crippen LogP) is -0.494. The van der Waals surface area contributed by atoms with Crippen LogP contribution in [0.1, 0.15) is 0 Å². The molecule has 0 aromatic carbocycles. The molecule has 2 aromatic rings. The van der Waals surface area contributed by atoms with Crippen molar-refractivity contribution in [3.05, 3.63) is 31.0 Å². The summed E-state index contributed by atoms with van der Waals surface area (Å²) in [5.74, 6) is 0.509. The molecule has 1 aliphatic rings. The Labute approximate surface area is 122 Å². The lowest BCUT2D eigenvalue weighted by atomic mass is 10.3. The van der Waals surface area contributed by atoms with Crippen molar-refractivity contribution in [2.24, 2.45) is 0 Å². The molecule has 0 unspecified atom stereocenters. The summed E-state index contributed by atoms with van der Waals surface area (Å²) in [6.45, 7) is 3.99. The summed E-state index contributed by atoms with van der Waals surface area (Å²) < 4.78 is 1.53. The average Bonchev–Trinajstić information content (AvgIpc) is 3.03. The second-order valence-electron chi connectivity index (χ2n) is 4.79. The Hall–Kier alpha value is -2.32. The number of piperazine rings is 1. The van der Waals surface area contributed by atoms with E-state index in [2.05, 4.69) is 30.6 Å². The lowest BCUT2D eigenvalue weighted by Crippen LogP contribution is -2.46. The topological polar surface area (TPSA) is 88.0 Å². The molecule has 2 aromatic heterocycles. The van der Waals surface area contributed by atoms with E-state index in [0.717, 1.165) is 26.2 Å². The molecule has 0 atom stereocenters. The second kappa shape index (κ2) is 6.42. The maximum absolute atomic E-state index is 12.2. The summed E-state index contributed by atoms with van der Waals surface area (Å²) >= 11 is 0. The first kappa shape index (κ1) is 13.7. The van der Waals surface area contributed by atoms with Gasteiger partial charge in [0.2, 0.25) is 5.91 Å². The van der Waals surface area contributed by atoms with E-state index >= 15 is 0 Å². The molecule has 0 spiro atoms. The number of pyridine rings is 1. The predicted molar refractivity (Wildman–Crippen MR) is 77.1 cm³/mol. The molecule has 3 rings (SSSR count). The van der Waals surface area contributed by atoms with Gasteiger partial charge in [-0.3, -0.25) is 9.69 Å². The van der Waals surface area contributed by atoms with E-state index in [0.29, 0.717) is 18.1 Å². The van der Waals surface area contributed by atoms with Gasteiger partial charge in [0.15, 0.2) is 5.82 Å². The van der Waals surface area contributed by atoms with Crippen molar-refractivity contribution in [1.82, 2.24) is 30.0 Å². The lowest BCUT2D eigenvalue weighted by Gasteiger charge is -2.26. The molecule has 0 saturated carbocycles. The summed E-state index contributed by atoms with van der Waals surface area (Å²) in [4.78, 5) is 22.4. The zero-order valence-corrected chi connectivity index (χ0v) is 11.6. The number of aromatic nitrogens is 4. The van der Waals surface area contributed by atoms with Gasteiger partial charge < -0.3 is 10.6 Å². The quantitative estimate of drug-likeness (QED) is 0.788. The van der Waals surface area contributed by atoms with Crippen LogP contribution in [0.3, 0.4) is 0 Å². The minimum absolute atomic E-state index is 0.0498. The van der Waals surface area contributed by atoms with Gasteiger partial charge in [0.25, 0.3) is 0 Å². The van der Waals surface area contributed by atoms with Crippen molar-refractivity contribution in [1.29, 1.82) is 0 Å². The number of hydrogen-bond acceptors (Lipinski definition) is 6. The van der Waals surface area contributed by atoms with Gasteiger partial charge >= 0.3 is 0 Å². The molecule has 8 heteroatoms. The first-order valence-corrected chi connectivity index (χ1v) is 6.86. The largest absolute Gasteiger partial charge is 0.322 e. The minimum atomic E-state index is -0.0498. The van der Waals surface area contributed by atoms with Crippen molar-refractivity contribution < 1.29 is 4.79 Å². The molecule has 2 N–H and O–H groups in total. The fourth-order valence-corrected chi connectivity index (χ4v) is 2.26. The monoisotopic (exact) mass is 287 g/mol. The molecule has 1 aliphatic heterocycles. The van der Waals surface area contributed by atoms with Crippen LogP contribution in [0.25, 0.3) is 5.82 Å². The van der Waals surface area contributed by atoms with Gasteiger partial charge in [-0.2, -0.15) is 5.10 Å². The molecule has 8 nitrogen and oxygen atoms in total. The van der Waals surface area contributed by atoms with Crippen molar-refractivity contribution in [2.75, 3.05) is 38.0 Å². The van der Waals surface area contributed by atoms with Crippen LogP contribution in [0, 0.1) is 0 Å². The van der Waals surface area contributed by atoms with Crippen LogP contribution in [-0.2, 0) is 4.79 Å². The summed E-state index contributed by atoms with van der Waals surface area (Å²) in [6.07, 6.45) is 4.64. The van der Waals surface area contributed by atoms with Crippen molar-refractivity contribution in [3.8, 4) is 5.82 Å². The van der Waals surface area contributed by atoms with Crippen LogP contribution in [0.4, 0.5) is 5.69 Å². The lowest BCUT2D eigenvalue weighted by molar-refractivity contribution is -0.117. The second-order valence-corrected chi connectivity index (χ2v) is 4.79. The smallest absolute Gasteiger partial charge is 0.238 e. The highest BCUT2D eigenvalue weighted by molar-refractivity contribution is 5.93. The number of anilines is 1. The number of rotatable bonds is 4. The maximum atomic E-state index is 12.2. The average molecular weight is 287 g/mol. The molecular weight excluding hydrogens is 270 g/mol. The Morgan fingerprint density at radius 2 is 2.24 bits per heavy atom. The molecule has 110 valence electrons. The molecule has 1 fully saturated rings. The zero-order valence-electron chi connectivity index (χ0n) is 11.6. The van der Waals surface area contributed by atoms with Gasteiger partial charge in [-0.25, -0.2) is 14.6 Å². The van der Waals surface area contributed by atoms with E-state index in [-0.39, 0.29) is 5.91 Å². The van der Waals surface area contributed by atoms with Crippen molar-refractivity contribution >= 4 is 11.6 Å². The Balaban J connectivity index is 1.68. The fourth-order valence-electron chi connectivity index (χ4n) is 2.26. The van der Waals surface area contributed by atoms with Crippen molar-refractivity contribution in [3.63, 3.8) is 0 Å². The number of hydrogen-bond donors (Lipinski definition) is 2. The summed E-state index contributed by atoms with van der Waals surface area (Å²) in [5, 5.41) is 10.2. The van der Waals surface area contributed by atoms with E-state index in [1.54, 1.807) is 24.7 Å². The van der Waals surface area contributed by atoms with Gasteiger partial charge in [-0.15, -0.1) is 0 Å². The number of amides is 1. The third-order valence-electron chi connectivity index (χ3n) is 3.27. The van der Waals surface area contributed by atoms with Crippen LogP contribution in [-0.4, -0.2) is 63.3 Å². The van der Waals surface area contributed by atoms with Crippen LogP contribution in [0.15, 0.2) is 31.0 Å². The number of nitrogens with zero attached hydrogens (tertiary/aromatic N) is 5. The minimum Gasteiger partial charge on any atom is -0.322 e. The Kier molecular flexibility index (Phi) is 4.17. The third kappa shape index (κ3) is 3.41. The van der Waals surface area contributed by atoms with Crippen LogP contribution in [0.2, 0.25) is 0 Å². The normalized spacial score (nSPS) is 15.8. The van der Waals surface area contributed by atoms with Crippen LogP contribution >= 0.6 is 0 Å². The van der Waals surface area contributed by atoms with Gasteiger partial charge in [-0.05, 0) is 12.1 Å². The third-order valence-corrected chi connectivity index (χ3v) is 3.27. The highest BCUT2D eigenvalue weighted by atomic mass is 16.2. The first-order chi connectivity index (χ1) is 10.3. The molecule has 0 bridgehead atoms. The Morgan fingerprint density at radius 3 is 3.00 bits per heavy atom. The fraction of sp³-hybridized carbons (Fsp3) is 0.385. The van der Waals surface area contributed by atoms with E-state index in [1.165, 1.54) is 11.0 Å². The molecule has 3 heterocycles. The van der Waals surface area contributed by atoms with E-state index < -0.39 is 0 Å². The molecule has 1 saturated heterocycles. The zero-order chi connectivity index (χ0) is 14.5. The summed E-state index contributed by atoms with van der Waals surface area (Å²) in [7, 11) is 0. The van der Waals surface area contributed by atoms with Gasteiger partial charge in [0, 0.05) is 32.4 Å². The molecule has 0 aliphatic carbocycles. The molecule has 21 heavy (non-hydrogen) atoms. The standard InChI is InChI=1S/C13H17N7O/c21-12(8-19-6-4-14-5-7-19)18-11-2-1-3-16-13(11)20-10-15-9-17-20/h1-3,9-10,14H,4-8H2,(H,18,21). The van der Waals surface area contributed by atoms with Gasteiger partial charge in [0.05, 0.1) is 12.2 Å². The van der Waals surface area contributed by atoms with Gasteiger partial charge in [0.1, 0.15) is 12.7 Å². The number of carbonyl (C=O) groups is 1. The first-order valence-electron chi connectivity index (χ1n) is 6.86. The Bertz CT molecular complexity index is 592. The van der Waals surface area contributed by atoms with Crippen LogP contribution < -0.4 is 10.6 Å². The van der Waals surface area contributed by atoms with E-state index in [1.807, 2.05) is 0 Å². The SMILES string of the molecule is O=C(CN1CCNCC1)Nc1cccnc1-n1cncn1. The van der Waals surface area contributed by atoms with Crippen molar-refractivity contribution in [2.45, 2.75) is 0 Å². The highest BCUT2D eigenvalue weighted by Gasteiger charge is 2.15. The van der Waals surface area contributed by atoms with Gasteiger partial charge in [-0.1, -0.05) is 0 Å². The van der Waals surface area contributed by atoms with Crippen LogP contribution in [0.5, 0.6) is 0 Å². The highest BCUT2D eigenvalue weighted by Crippen LogP contribution is 2.15. The molecule has 0 radical (unpaired) electrons. The maximum Gasteiger partial charge on any atom is 0.238 e. The molecule has 1 amide bonds. The van der Waals surface area contributed by atoms with E-state index in [4.69, 9.17) is 0 Å². The van der Waals surface area contributed by atoms with E-state index in [9.17, 15) is 4.79 Å². The number of nitrogens with one attached hydrogen (secondary N) is 2. The number of carbonyl (C=O) groups excluding carboxylic acids is 1. The summed E-state index contributed by atoms with van der Waals surface area (Å²) in [5.41, 5.74) is 0.628. The summed E-state index contributed by atoms with van der Waals surface area (Å²) in [6, 6.07) is 3.58. The molecular formula is C13H17N7O. The Morgan fingerprint density at radius 1 is 1.38 bits per heavy atom.